The summed E-state index contributed by atoms with van der Waals surface area (Å²) >= 11 is 0. The van der Waals surface area contributed by atoms with Crippen LogP contribution >= 0.6 is 0 Å². The molecule has 112 valence electrons. The first kappa shape index (κ1) is 15.3. The lowest BCUT2D eigenvalue weighted by atomic mass is 9.94. The second-order valence-electron chi connectivity index (χ2n) is 5.82. The number of nitrogens with one attached hydrogen (secondary N) is 1. The quantitative estimate of drug-likeness (QED) is 0.897. The summed E-state index contributed by atoms with van der Waals surface area (Å²) in [6.07, 6.45) is 1.06. The molecule has 2 rings (SSSR count). The molecule has 0 bridgehead atoms. The van der Waals surface area contributed by atoms with Crippen molar-refractivity contribution in [2.45, 2.75) is 26.3 Å². The van der Waals surface area contributed by atoms with Gasteiger partial charge in [0, 0.05) is 43.9 Å². The van der Waals surface area contributed by atoms with Crippen LogP contribution in [-0.2, 0) is 0 Å². The fraction of sp³-hybridized carbons (Fsp3) is 0.625. The van der Waals surface area contributed by atoms with Gasteiger partial charge < -0.3 is 10.1 Å². The van der Waals surface area contributed by atoms with Crippen molar-refractivity contribution in [2.24, 2.45) is 5.92 Å². The number of hydrogen-bond donors (Lipinski definition) is 1. The van der Waals surface area contributed by atoms with E-state index < -0.39 is 0 Å². The van der Waals surface area contributed by atoms with Crippen molar-refractivity contribution in [2.75, 3.05) is 33.3 Å². The maximum Gasteiger partial charge on any atom is 0.126 e. The molecule has 0 radical (unpaired) electrons. The van der Waals surface area contributed by atoms with Crippen molar-refractivity contribution in [1.29, 1.82) is 0 Å². The number of piperazine rings is 1. The number of rotatable bonds is 5. The van der Waals surface area contributed by atoms with E-state index in [2.05, 4.69) is 24.1 Å². The van der Waals surface area contributed by atoms with Crippen LogP contribution in [0.1, 0.15) is 31.9 Å². The van der Waals surface area contributed by atoms with Crippen LogP contribution in [0, 0.1) is 11.7 Å². The molecule has 0 saturated carbocycles. The second kappa shape index (κ2) is 7.04. The highest BCUT2D eigenvalue weighted by atomic mass is 19.1. The summed E-state index contributed by atoms with van der Waals surface area (Å²) in [4.78, 5) is 2.48. The van der Waals surface area contributed by atoms with Gasteiger partial charge in [-0.05, 0) is 18.4 Å². The first-order valence-electron chi connectivity index (χ1n) is 7.40. The lowest BCUT2D eigenvalue weighted by molar-refractivity contribution is 0.151. The molecular formula is C16H25FN2O. The molecule has 0 aromatic heterocycles. The summed E-state index contributed by atoms with van der Waals surface area (Å²) in [7, 11) is 1.61. The Morgan fingerprint density at radius 3 is 2.60 bits per heavy atom. The molecular weight excluding hydrogens is 255 g/mol. The fourth-order valence-corrected chi connectivity index (χ4v) is 2.87. The van der Waals surface area contributed by atoms with Crippen molar-refractivity contribution in [3.8, 4) is 5.75 Å². The third-order valence-electron chi connectivity index (χ3n) is 3.84. The summed E-state index contributed by atoms with van der Waals surface area (Å²) in [5, 5.41) is 3.38. The van der Waals surface area contributed by atoms with Gasteiger partial charge in [0.05, 0.1) is 7.11 Å². The Balaban J connectivity index is 2.29. The van der Waals surface area contributed by atoms with Crippen LogP contribution in [0.3, 0.4) is 0 Å². The molecule has 0 aliphatic carbocycles. The lowest BCUT2D eigenvalue weighted by Gasteiger charge is -2.36. The number of ether oxygens (including phenoxy) is 1. The summed E-state index contributed by atoms with van der Waals surface area (Å²) in [5.41, 5.74) is 1.10. The van der Waals surface area contributed by atoms with Crippen LogP contribution in [0.25, 0.3) is 0 Å². The topological polar surface area (TPSA) is 24.5 Å². The van der Waals surface area contributed by atoms with Gasteiger partial charge in [-0.25, -0.2) is 4.39 Å². The Bertz CT molecular complexity index is 430. The van der Waals surface area contributed by atoms with Gasteiger partial charge in [-0.2, -0.15) is 0 Å². The Labute approximate surface area is 121 Å². The van der Waals surface area contributed by atoms with Crippen LogP contribution in [0.15, 0.2) is 18.2 Å². The maximum atomic E-state index is 13.4. The molecule has 0 unspecified atom stereocenters. The van der Waals surface area contributed by atoms with E-state index in [0.717, 1.165) is 38.2 Å². The standard InChI is InChI=1S/C16H25FN2O/c1-12(2)10-15(19-8-6-18-7-9-19)14-5-4-13(17)11-16(14)20-3/h4-5,11-12,15,18H,6-10H2,1-3H3/t15-/m0/s1. The van der Waals surface area contributed by atoms with Crippen LogP contribution in [-0.4, -0.2) is 38.2 Å². The molecule has 20 heavy (non-hydrogen) atoms. The van der Waals surface area contributed by atoms with Crippen molar-refractivity contribution < 1.29 is 9.13 Å². The number of halogens is 1. The van der Waals surface area contributed by atoms with Gasteiger partial charge in [-0.1, -0.05) is 19.9 Å². The number of nitrogens with zero attached hydrogens (tertiary/aromatic N) is 1. The van der Waals surface area contributed by atoms with Crippen LogP contribution in [0.5, 0.6) is 5.75 Å². The Kier molecular flexibility index (Phi) is 5.38. The largest absolute Gasteiger partial charge is 0.496 e. The molecule has 4 heteroatoms. The normalized spacial score (nSPS) is 18.2. The van der Waals surface area contributed by atoms with Gasteiger partial charge in [0.15, 0.2) is 0 Å². The Hall–Kier alpha value is -1.13. The molecule has 1 aromatic rings. The molecule has 0 amide bonds. The molecule has 1 atom stereocenters. The van der Waals surface area contributed by atoms with E-state index in [1.54, 1.807) is 7.11 Å². The van der Waals surface area contributed by atoms with E-state index in [1.807, 2.05) is 6.07 Å². The summed E-state index contributed by atoms with van der Waals surface area (Å²) < 4.78 is 18.8. The Morgan fingerprint density at radius 2 is 2.00 bits per heavy atom. The highest BCUT2D eigenvalue weighted by Crippen LogP contribution is 2.34. The summed E-state index contributed by atoms with van der Waals surface area (Å²) in [6, 6.07) is 5.20. The predicted molar refractivity (Wildman–Crippen MR) is 79.6 cm³/mol. The van der Waals surface area contributed by atoms with Gasteiger partial charge in [-0.3, -0.25) is 4.90 Å². The van der Waals surface area contributed by atoms with Crippen molar-refractivity contribution >= 4 is 0 Å². The zero-order valence-electron chi connectivity index (χ0n) is 12.7. The van der Waals surface area contributed by atoms with Gasteiger partial charge in [0.25, 0.3) is 0 Å². The van der Waals surface area contributed by atoms with E-state index in [-0.39, 0.29) is 5.82 Å². The van der Waals surface area contributed by atoms with Crippen molar-refractivity contribution in [1.82, 2.24) is 10.2 Å². The number of hydrogen-bond acceptors (Lipinski definition) is 3. The van der Waals surface area contributed by atoms with Crippen LogP contribution in [0.4, 0.5) is 4.39 Å². The van der Waals surface area contributed by atoms with E-state index in [4.69, 9.17) is 4.74 Å². The van der Waals surface area contributed by atoms with E-state index >= 15 is 0 Å². The smallest absolute Gasteiger partial charge is 0.126 e. The van der Waals surface area contributed by atoms with Crippen molar-refractivity contribution in [3.05, 3.63) is 29.6 Å². The zero-order chi connectivity index (χ0) is 14.5. The monoisotopic (exact) mass is 280 g/mol. The number of methoxy groups -OCH3 is 1. The maximum absolute atomic E-state index is 13.4. The fourth-order valence-electron chi connectivity index (χ4n) is 2.87. The van der Waals surface area contributed by atoms with Crippen LogP contribution < -0.4 is 10.1 Å². The minimum absolute atomic E-state index is 0.241. The minimum atomic E-state index is -0.241. The molecule has 1 fully saturated rings. The predicted octanol–water partition coefficient (Wildman–Crippen LogP) is 2.83. The molecule has 1 saturated heterocycles. The van der Waals surface area contributed by atoms with Gasteiger partial charge in [0.2, 0.25) is 0 Å². The van der Waals surface area contributed by atoms with E-state index in [0.29, 0.717) is 17.7 Å². The molecule has 1 aromatic carbocycles. The molecule has 1 heterocycles. The van der Waals surface area contributed by atoms with E-state index in [1.165, 1.54) is 12.1 Å². The number of benzene rings is 1. The first-order chi connectivity index (χ1) is 9.61. The second-order valence-corrected chi connectivity index (χ2v) is 5.82. The molecule has 1 N–H and O–H groups in total. The van der Waals surface area contributed by atoms with Gasteiger partial charge in [-0.15, -0.1) is 0 Å². The molecule has 1 aliphatic heterocycles. The highest BCUT2D eigenvalue weighted by Gasteiger charge is 2.25. The SMILES string of the molecule is COc1cc(F)ccc1[C@H](CC(C)C)N1CCNCC1. The van der Waals surface area contributed by atoms with E-state index in [9.17, 15) is 4.39 Å². The lowest BCUT2D eigenvalue weighted by Crippen LogP contribution is -2.45. The molecule has 0 spiro atoms. The Morgan fingerprint density at radius 1 is 1.30 bits per heavy atom. The van der Waals surface area contributed by atoms with Crippen LogP contribution in [0.2, 0.25) is 0 Å². The third kappa shape index (κ3) is 3.70. The van der Waals surface area contributed by atoms with Crippen molar-refractivity contribution in [3.63, 3.8) is 0 Å². The highest BCUT2D eigenvalue weighted by molar-refractivity contribution is 5.36. The van der Waals surface area contributed by atoms with Gasteiger partial charge in [0.1, 0.15) is 11.6 Å². The molecule has 1 aliphatic rings. The first-order valence-corrected chi connectivity index (χ1v) is 7.40. The zero-order valence-corrected chi connectivity index (χ0v) is 12.7. The summed E-state index contributed by atoms with van der Waals surface area (Å²) in [6.45, 7) is 8.53. The summed E-state index contributed by atoms with van der Waals surface area (Å²) in [5.74, 6) is 1.01. The third-order valence-corrected chi connectivity index (χ3v) is 3.84. The average Bonchev–Trinajstić information content (AvgIpc) is 2.45. The minimum Gasteiger partial charge on any atom is -0.496 e. The average molecular weight is 280 g/mol. The van der Waals surface area contributed by atoms with Gasteiger partial charge >= 0.3 is 0 Å². The molecule has 3 nitrogen and oxygen atoms in total.